The smallest absolute Gasteiger partial charge is 0.311 e. The molecule has 0 bridgehead atoms. The van der Waals surface area contributed by atoms with Crippen molar-refractivity contribution in [2.45, 2.75) is 69.8 Å². The van der Waals surface area contributed by atoms with E-state index in [1.165, 1.54) is 11.1 Å². The molecule has 0 radical (unpaired) electrons. The number of hydrogen-bond donors (Lipinski definition) is 3. The van der Waals surface area contributed by atoms with Gasteiger partial charge in [0.05, 0.1) is 18.8 Å². The van der Waals surface area contributed by atoms with Crippen molar-refractivity contribution in [2.75, 3.05) is 13.2 Å². The molecule has 2 aromatic rings. The Kier molecular flexibility index (Phi) is 6.17. The van der Waals surface area contributed by atoms with Gasteiger partial charge in [-0.15, -0.1) is 0 Å². The summed E-state index contributed by atoms with van der Waals surface area (Å²) in [6, 6.07) is 14.5. The van der Waals surface area contributed by atoms with E-state index in [0.29, 0.717) is 12.5 Å². The molecular formula is C28H35NO5. The second kappa shape index (κ2) is 8.99. The predicted octanol–water partition coefficient (Wildman–Crippen LogP) is 3.86. The molecule has 182 valence electrons. The summed E-state index contributed by atoms with van der Waals surface area (Å²) < 4.78 is 11.9. The van der Waals surface area contributed by atoms with Crippen LogP contribution in [0.4, 0.5) is 0 Å². The SMILES string of the molecule is C[C@@H](OC[C@H](O)CNC(C)(C)CC1Cc2ccccc2C1)c1cccc2c1[C@@H]1[C@H](O2)[C@H]1C(=O)O. The largest absolute Gasteiger partial charge is 0.489 e. The Balaban J connectivity index is 1.10. The second-order valence-corrected chi connectivity index (χ2v) is 10.9. The van der Waals surface area contributed by atoms with Crippen LogP contribution in [0.25, 0.3) is 0 Å². The molecule has 0 unspecified atom stereocenters. The number of aliphatic hydroxyl groups is 1. The van der Waals surface area contributed by atoms with Crippen molar-refractivity contribution < 1.29 is 24.5 Å². The van der Waals surface area contributed by atoms with E-state index >= 15 is 0 Å². The highest BCUT2D eigenvalue weighted by Crippen LogP contribution is 2.60. The number of hydrogen-bond acceptors (Lipinski definition) is 5. The van der Waals surface area contributed by atoms with Crippen molar-refractivity contribution >= 4 is 5.97 Å². The normalized spacial score (nSPS) is 24.6. The topological polar surface area (TPSA) is 88.0 Å². The second-order valence-electron chi connectivity index (χ2n) is 10.9. The molecule has 0 saturated heterocycles. The Labute approximate surface area is 201 Å². The van der Waals surface area contributed by atoms with E-state index < -0.39 is 18.0 Å². The predicted molar refractivity (Wildman–Crippen MR) is 129 cm³/mol. The van der Waals surface area contributed by atoms with E-state index in [1.54, 1.807) is 0 Å². The zero-order valence-electron chi connectivity index (χ0n) is 20.2. The fraction of sp³-hybridized carbons (Fsp3) is 0.536. The number of carbonyl (C=O) groups is 1. The third kappa shape index (κ3) is 4.59. The highest BCUT2D eigenvalue weighted by molar-refractivity contribution is 5.79. The summed E-state index contributed by atoms with van der Waals surface area (Å²) in [5, 5.41) is 23.5. The molecule has 1 heterocycles. The lowest BCUT2D eigenvalue weighted by Gasteiger charge is -2.31. The van der Waals surface area contributed by atoms with Gasteiger partial charge in [-0.25, -0.2) is 0 Å². The molecule has 2 aromatic carbocycles. The number of rotatable bonds is 10. The van der Waals surface area contributed by atoms with Gasteiger partial charge in [-0.1, -0.05) is 36.4 Å². The number of nitrogens with one attached hydrogen (secondary N) is 1. The molecule has 3 N–H and O–H groups in total. The quantitative estimate of drug-likeness (QED) is 0.494. The molecule has 2 aliphatic carbocycles. The standard InChI is InChI=1S/C28H35NO5/c1-16(21-9-6-10-22-23(21)24-25(27(31)32)26(24)34-22)33-15-20(30)14-29-28(2,3)13-17-11-18-7-4-5-8-19(18)12-17/h4-10,16-17,20,24-26,29-30H,11-15H2,1-3H3,(H,31,32)/t16-,20-,24+,25+,26+/m1/s1. The summed E-state index contributed by atoms with van der Waals surface area (Å²) in [4.78, 5) is 11.4. The summed E-state index contributed by atoms with van der Waals surface area (Å²) in [5.41, 5.74) is 4.77. The van der Waals surface area contributed by atoms with Gasteiger partial charge in [-0.05, 0) is 68.7 Å². The molecule has 34 heavy (non-hydrogen) atoms. The Hall–Kier alpha value is -2.41. The van der Waals surface area contributed by atoms with Crippen LogP contribution in [-0.4, -0.2) is 47.1 Å². The van der Waals surface area contributed by atoms with Crippen molar-refractivity contribution in [3.8, 4) is 5.75 Å². The van der Waals surface area contributed by atoms with E-state index in [0.717, 1.165) is 36.1 Å². The molecular weight excluding hydrogens is 430 g/mol. The van der Waals surface area contributed by atoms with E-state index in [-0.39, 0.29) is 30.3 Å². The Morgan fingerprint density at radius 3 is 2.56 bits per heavy atom. The van der Waals surface area contributed by atoms with E-state index in [2.05, 4.69) is 43.4 Å². The number of fused-ring (bicyclic) bond motifs is 4. The van der Waals surface area contributed by atoms with Gasteiger partial charge in [0.15, 0.2) is 0 Å². The average molecular weight is 466 g/mol. The minimum atomic E-state index is -0.811. The number of benzene rings is 2. The zero-order valence-corrected chi connectivity index (χ0v) is 20.2. The fourth-order valence-corrected chi connectivity index (χ4v) is 5.98. The summed E-state index contributed by atoms with van der Waals surface area (Å²) in [7, 11) is 0. The van der Waals surface area contributed by atoms with Gasteiger partial charge in [0, 0.05) is 23.6 Å². The van der Waals surface area contributed by atoms with Gasteiger partial charge >= 0.3 is 5.97 Å². The molecule has 6 nitrogen and oxygen atoms in total. The first kappa shape index (κ1) is 23.3. The van der Waals surface area contributed by atoms with Crippen LogP contribution in [-0.2, 0) is 22.4 Å². The molecule has 1 aliphatic heterocycles. The Morgan fingerprint density at radius 1 is 1.18 bits per heavy atom. The molecule has 6 heteroatoms. The molecule has 1 saturated carbocycles. The van der Waals surface area contributed by atoms with Gasteiger partial charge < -0.3 is 25.0 Å². The van der Waals surface area contributed by atoms with Gasteiger partial charge in [-0.3, -0.25) is 4.79 Å². The van der Waals surface area contributed by atoms with Crippen LogP contribution in [0.15, 0.2) is 42.5 Å². The third-order valence-corrected chi connectivity index (χ3v) is 7.66. The average Bonchev–Trinajstić information content (AvgIpc) is 3.16. The maximum absolute atomic E-state index is 11.4. The maximum Gasteiger partial charge on any atom is 0.311 e. The highest BCUT2D eigenvalue weighted by atomic mass is 16.5. The number of ether oxygens (including phenoxy) is 2. The van der Waals surface area contributed by atoms with Crippen LogP contribution in [0.1, 0.15) is 61.5 Å². The number of aliphatic carboxylic acids is 1. The molecule has 3 aliphatic rings. The number of carboxylic acids is 1. The van der Waals surface area contributed by atoms with Crippen molar-refractivity contribution in [3.05, 3.63) is 64.7 Å². The first-order chi connectivity index (χ1) is 16.2. The van der Waals surface area contributed by atoms with E-state index in [9.17, 15) is 15.0 Å². The molecule has 0 aromatic heterocycles. The van der Waals surface area contributed by atoms with Crippen molar-refractivity contribution in [1.29, 1.82) is 0 Å². The lowest BCUT2D eigenvalue weighted by molar-refractivity contribution is -0.139. The first-order valence-corrected chi connectivity index (χ1v) is 12.4. The Morgan fingerprint density at radius 2 is 1.88 bits per heavy atom. The van der Waals surface area contributed by atoms with Gasteiger partial charge in [-0.2, -0.15) is 0 Å². The number of carboxylic acid groups (broad SMARTS) is 1. The van der Waals surface area contributed by atoms with E-state index in [1.807, 2.05) is 25.1 Å². The van der Waals surface area contributed by atoms with Gasteiger partial charge in [0.2, 0.25) is 0 Å². The fourth-order valence-electron chi connectivity index (χ4n) is 5.98. The number of β-amino-alcohol motifs (C(OH)–C–C–N with tert-alkyl or cyclic N) is 1. The summed E-state index contributed by atoms with van der Waals surface area (Å²) in [5.74, 6) is 0.0130. The van der Waals surface area contributed by atoms with Crippen LogP contribution >= 0.6 is 0 Å². The van der Waals surface area contributed by atoms with E-state index in [4.69, 9.17) is 9.47 Å². The Bertz CT molecular complexity index is 1040. The summed E-state index contributed by atoms with van der Waals surface area (Å²) >= 11 is 0. The van der Waals surface area contributed by atoms with Crippen molar-refractivity contribution in [1.82, 2.24) is 5.32 Å². The number of aliphatic hydroxyl groups excluding tert-OH is 1. The lowest BCUT2D eigenvalue weighted by Crippen LogP contribution is -2.45. The monoisotopic (exact) mass is 465 g/mol. The zero-order chi connectivity index (χ0) is 24.0. The summed E-state index contributed by atoms with van der Waals surface area (Å²) in [6.07, 6.45) is 2.16. The van der Waals surface area contributed by atoms with Crippen LogP contribution < -0.4 is 10.1 Å². The minimum Gasteiger partial charge on any atom is -0.489 e. The third-order valence-electron chi connectivity index (χ3n) is 7.66. The van der Waals surface area contributed by atoms with Crippen molar-refractivity contribution in [2.24, 2.45) is 11.8 Å². The molecule has 0 spiro atoms. The molecule has 0 amide bonds. The van der Waals surface area contributed by atoms with Crippen LogP contribution in [0.3, 0.4) is 0 Å². The minimum absolute atomic E-state index is 0.0796. The van der Waals surface area contributed by atoms with Crippen LogP contribution in [0.5, 0.6) is 5.75 Å². The maximum atomic E-state index is 11.4. The first-order valence-electron chi connectivity index (χ1n) is 12.4. The summed E-state index contributed by atoms with van der Waals surface area (Å²) in [6.45, 7) is 7.01. The van der Waals surface area contributed by atoms with Gasteiger partial charge in [0.25, 0.3) is 0 Å². The molecule has 1 fully saturated rings. The highest BCUT2D eigenvalue weighted by Gasteiger charge is 2.63. The van der Waals surface area contributed by atoms with Crippen LogP contribution in [0, 0.1) is 11.8 Å². The lowest BCUT2D eigenvalue weighted by atomic mass is 9.88. The molecule has 5 rings (SSSR count). The van der Waals surface area contributed by atoms with Crippen molar-refractivity contribution in [3.63, 3.8) is 0 Å². The van der Waals surface area contributed by atoms with Crippen LogP contribution in [0.2, 0.25) is 0 Å². The van der Waals surface area contributed by atoms with Gasteiger partial charge in [0.1, 0.15) is 17.8 Å². The molecule has 5 atom stereocenters.